The van der Waals surface area contributed by atoms with E-state index in [4.69, 9.17) is 0 Å². The molecule has 0 bridgehead atoms. The van der Waals surface area contributed by atoms with Crippen LogP contribution in [0.3, 0.4) is 0 Å². The molecule has 1 aliphatic carbocycles. The Morgan fingerprint density at radius 1 is 1.16 bits per heavy atom. The highest BCUT2D eigenvalue weighted by Gasteiger charge is 2.39. The Morgan fingerprint density at radius 2 is 1.94 bits per heavy atom. The van der Waals surface area contributed by atoms with Gasteiger partial charge in [-0.3, -0.25) is 4.79 Å². The van der Waals surface area contributed by atoms with Crippen LogP contribution in [0.2, 0.25) is 0 Å². The van der Waals surface area contributed by atoms with Crippen LogP contribution in [0.4, 0.5) is 0 Å². The number of hydrogen-bond donors (Lipinski definition) is 2. The molecule has 0 saturated heterocycles. The molecule has 0 radical (unpaired) electrons. The molecule has 0 amide bonds. The number of allylic oxidation sites excluding steroid dienone is 1. The Morgan fingerprint density at radius 3 is 2.69 bits per heavy atom. The van der Waals surface area contributed by atoms with Crippen molar-refractivity contribution >= 4 is 21.1 Å². The maximum atomic E-state index is 13.2. The minimum atomic E-state index is -3.27. The van der Waals surface area contributed by atoms with Gasteiger partial charge in [-0.15, -0.1) is 0 Å². The molecule has 0 fully saturated rings. The van der Waals surface area contributed by atoms with Crippen LogP contribution in [-0.4, -0.2) is 37.6 Å². The fraction of sp³-hybridized carbons (Fsp3) is 0.320. The van der Waals surface area contributed by atoms with Crippen molar-refractivity contribution in [2.45, 2.75) is 18.9 Å². The van der Waals surface area contributed by atoms with Crippen molar-refractivity contribution in [2.24, 2.45) is 13.0 Å². The molecule has 0 saturated carbocycles. The highest BCUT2D eigenvalue weighted by atomic mass is 32.2. The third-order valence-electron chi connectivity index (χ3n) is 6.58. The van der Waals surface area contributed by atoms with E-state index in [1.807, 2.05) is 24.4 Å². The number of benzene rings is 1. The van der Waals surface area contributed by atoms with Gasteiger partial charge in [0.1, 0.15) is 0 Å². The van der Waals surface area contributed by atoms with Crippen LogP contribution in [0.5, 0.6) is 0 Å². The van der Waals surface area contributed by atoms with Gasteiger partial charge in [0.2, 0.25) is 0 Å². The lowest BCUT2D eigenvalue weighted by atomic mass is 9.82. The zero-order valence-electron chi connectivity index (χ0n) is 18.3. The van der Waals surface area contributed by atoms with Gasteiger partial charge < -0.3 is 15.2 Å². The molecule has 2 unspecified atom stereocenters. The molecule has 2 atom stereocenters. The Kier molecular flexibility index (Phi) is 5.08. The molecule has 2 aromatic rings. The van der Waals surface area contributed by atoms with Crippen molar-refractivity contribution < 1.29 is 8.42 Å². The lowest BCUT2D eigenvalue weighted by molar-refractivity contribution is 0.386. The molecule has 3 heterocycles. The van der Waals surface area contributed by atoms with E-state index in [0.717, 1.165) is 36.2 Å². The smallest absolute Gasteiger partial charge is 0.260 e. The van der Waals surface area contributed by atoms with Crippen molar-refractivity contribution in [2.75, 3.05) is 18.6 Å². The minimum Gasteiger partial charge on any atom is -0.384 e. The molecular formula is C25H27N3O3S. The zero-order chi connectivity index (χ0) is 22.5. The lowest BCUT2D eigenvalue weighted by Gasteiger charge is -2.34. The topological polar surface area (TPSA) is 80.2 Å². The van der Waals surface area contributed by atoms with Crippen LogP contribution >= 0.6 is 0 Å². The molecule has 3 aliphatic rings. The first-order chi connectivity index (χ1) is 15.3. The average molecular weight is 450 g/mol. The van der Waals surface area contributed by atoms with E-state index in [1.54, 1.807) is 17.8 Å². The Bertz CT molecular complexity index is 1330. The minimum absolute atomic E-state index is 0.0940. The molecule has 1 aromatic carbocycles. The number of pyridine rings is 1. The standard InChI is InChI=1S/C25H27N3O3S/c1-28-11-10-20-19(15-32(2,30)31)12-18-14-26-23-17(9-8-16-6-4-3-5-7-16)13-27-24(21(18)23)22(20)25(28)29/h3-7,10-12,14,17,23,26-27H,8-9,13,15H2,1-2H3. The second-order valence-electron chi connectivity index (χ2n) is 8.96. The van der Waals surface area contributed by atoms with Crippen molar-refractivity contribution in [3.63, 3.8) is 0 Å². The molecule has 7 heteroatoms. The summed E-state index contributed by atoms with van der Waals surface area (Å²) in [5, 5.41) is 7.09. The summed E-state index contributed by atoms with van der Waals surface area (Å²) < 4.78 is 25.9. The Hall–Kier alpha value is -3.06. The number of nitrogens with one attached hydrogen (secondary N) is 2. The fourth-order valence-electron chi connectivity index (χ4n) is 5.05. The third-order valence-corrected chi connectivity index (χ3v) is 7.42. The first kappa shape index (κ1) is 20.8. The van der Waals surface area contributed by atoms with E-state index in [2.05, 4.69) is 34.9 Å². The molecular weight excluding hydrogens is 422 g/mol. The van der Waals surface area contributed by atoms with Gasteiger partial charge in [0, 0.05) is 43.7 Å². The summed E-state index contributed by atoms with van der Waals surface area (Å²) in [6.07, 6.45) is 8.84. The van der Waals surface area contributed by atoms with Crippen molar-refractivity contribution in [1.82, 2.24) is 15.2 Å². The SMILES string of the molecule is Cn1ccc2c(c1=O)C1=C3C(=CNC3C(CCc3ccccc3)CN1)C=C2CS(C)(=O)=O. The summed E-state index contributed by atoms with van der Waals surface area (Å²) in [6, 6.07) is 12.4. The van der Waals surface area contributed by atoms with Crippen LogP contribution in [0.15, 0.2) is 70.8 Å². The number of rotatable bonds is 5. The predicted octanol–water partition coefficient (Wildman–Crippen LogP) is 2.25. The molecule has 2 N–H and O–H groups in total. The summed E-state index contributed by atoms with van der Waals surface area (Å²) in [4.78, 5) is 13.2. The van der Waals surface area contributed by atoms with Gasteiger partial charge in [-0.2, -0.15) is 0 Å². The molecule has 6 nitrogen and oxygen atoms in total. The predicted molar refractivity (Wildman–Crippen MR) is 128 cm³/mol. The summed E-state index contributed by atoms with van der Waals surface area (Å²) in [7, 11) is -1.54. The average Bonchev–Trinajstić information content (AvgIpc) is 3.12. The monoisotopic (exact) mass is 449 g/mol. The Labute approximate surface area is 188 Å². The van der Waals surface area contributed by atoms with E-state index in [1.165, 1.54) is 11.8 Å². The number of aromatic nitrogens is 1. The largest absolute Gasteiger partial charge is 0.384 e. The van der Waals surface area contributed by atoms with Crippen LogP contribution in [0, 0.1) is 5.92 Å². The highest BCUT2D eigenvalue weighted by Crippen LogP contribution is 2.41. The normalized spacial score (nSPS) is 21.6. The fourth-order valence-corrected chi connectivity index (χ4v) is 5.86. The quantitative estimate of drug-likeness (QED) is 0.732. The molecule has 2 aliphatic heterocycles. The molecule has 166 valence electrons. The van der Waals surface area contributed by atoms with E-state index in [-0.39, 0.29) is 17.4 Å². The van der Waals surface area contributed by atoms with Crippen LogP contribution in [-0.2, 0) is 23.3 Å². The summed E-state index contributed by atoms with van der Waals surface area (Å²) >= 11 is 0. The van der Waals surface area contributed by atoms with Gasteiger partial charge in [0.15, 0.2) is 9.84 Å². The Balaban J connectivity index is 1.57. The van der Waals surface area contributed by atoms with Crippen molar-refractivity contribution in [1.29, 1.82) is 0 Å². The van der Waals surface area contributed by atoms with Gasteiger partial charge >= 0.3 is 0 Å². The second kappa shape index (κ2) is 7.81. The van der Waals surface area contributed by atoms with E-state index in [9.17, 15) is 13.2 Å². The summed E-state index contributed by atoms with van der Waals surface area (Å²) in [5.74, 6) is 0.247. The third kappa shape index (κ3) is 3.71. The first-order valence-electron chi connectivity index (χ1n) is 10.9. The first-order valence-corrected chi connectivity index (χ1v) is 12.9. The highest BCUT2D eigenvalue weighted by molar-refractivity contribution is 7.91. The molecule has 5 rings (SSSR count). The zero-order valence-corrected chi connectivity index (χ0v) is 19.1. The van der Waals surface area contributed by atoms with Crippen molar-refractivity contribution in [3.05, 3.63) is 93.1 Å². The molecule has 1 aromatic heterocycles. The van der Waals surface area contributed by atoms with Crippen LogP contribution in [0.1, 0.15) is 23.1 Å². The van der Waals surface area contributed by atoms with Crippen LogP contribution in [0.25, 0.3) is 11.3 Å². The second-order valence-corrected chi connectivity index (χ2v) is 11.1. The number of hydrogen-bond acceptors (Lipinski definition) is 5. The number of sulfone groups is 1. The van der Waals surface area contributed by atoms with Gasteiger partial charge in [0.05, 0.1) is 23.1 Å². The number of nitrogens with zero attached hydrogens (tertiary/aromatic N) is 1. The van der Waals surface area contributed by atoms with Gasteiger partial charge in [0.25, 0.3) is 5.56 Å². The summed E-state index contributed by atoms with van der Waals surface area (Å²) in [6.45, 7) is 0.753. The van der Waals surface area contributed by atoms with E-state index < -0.39 is 9.84 Å². The lowest BCUT2D eigenvalue weighted by Crippen LogP contribution is -2.44. The van der Waals surface area contributed by atoms with Gasteiger partial charge in [-0.25, -0.2) is 8.42 Å². The van der Waals surface area contributed by atoms with Crippen LogP contribution < -0.4 is 16.2 Å². The number of aryl methyl sites for hydroxylation is 2. The maximum absolute atomic E-state index is 13.2. The van der Waals surface area contributed by atoms with E-state index in [0.29, 0.717) is 22.6 Å². The van der Waals surface area contributed by atoms with E-state index >= 15 is 0 Å². The van der Waals surface area contributed by atoms with Gasteiger partial charge in [-0.05, 0) is 47.3 Å². The molecule has 0 spiro atoms. The number of fused-ring (bicyclic) bond motifs is 2. The molecule has 32 heavy (non-hydrogen) atoms. The summed E-state index contributed by atoms with van der Waals surface area (Å²) in [5.41, 5.74) is 5.98. The van der Waals surface area contributed by atoms with Gasteiger partial charge in [-0.1, -0.05) is 30.3 Å². The maximum Gasteiger partial charge on any atom is 0.260 e. The van der Waals surface area contributed by atoms with Crippen molar-refractivity contribution in [3.8, 4) is 0 Å².